The van der Waals surface area contributed by atoms with E-state index in [-0.39, 0.29) is 18.0 Å². The van der Waals surface area contributed by atoms with Crippen molar-refractivity contribution >= 4 is 5.97 Å². The third-order valence-electron chi connectivity index (χ3n) is 3.51. The van der Waals surface area contributed by atoms with Gasteiger partial charge in [0.05, 0.1) is 13.5 Å². The van der Waals surface area contributed by atoms with Crippen molar-refractivity contribution in [2.45, 2.75) is 51.6 Å². The summed E-state index contributed by atoms with van der Waals surface area (Å²) in [6.07, 6.45) is 7.65. The van der Waals surface area contributed by atoms with Gasteiger partial charge in [0.1, 0.15) is 11.9 Å². The number of ether oxygens (including phenoxy) is 2. The van der Waals surface area contributed by atoms with Crippen molar-refractivity contribution in [2.75, 3.05) is 7.11 Å². The van der Waals surface area contributed by atoms with E-state index in [0.29, 0.717) is 12.8 Å². The zero-order valence-corrected chi connectivity index (χ0v) is 13.1. The van der Waals surface area contributed by atoms with Crippen LogP contribution in [0.1, 0.15) is 51.0 Å². The number of rotatable bonds is 8. The Hall–Kier alpha value is -1.95. The van der Waals surface area contributed by atoms with Gasteiger partial charge in [-0.2, -0.15) is 0 Å². The predicted octanol–water partition coefficient (Wildman–Crippen LogP) is 3.92. The molecular weight excluding hydrogens is 264 g/mol. The smallest absolute Gasteiger partial charge is 0.306 e. The maximum atomic E-state index is 12.0. The number of carbonyl (C=O) groups is 1. The number of para-hydroxylation sites is 1. The molecule has 0 fully saturated rings. The highest BCUT2D eigenvalue weighted by atomic mass is 16.5. The van der Waals surface area contributed by atoms with Crippen LogP contribution >= 0.6 is 0 Å². The van der Waals surface area contributed by atoms with Gasteiger partial charge in [-0.25, -0.2) is 0 Å². The Labute approximate surface area is 127 Å². The molecule has 0 N–H and O–H groups in total. The van der Waals surface area contributed by atoms with Crippen LogP contribution in [0.15, 0.2) is 24.3 Å². The highest BCUT2D eigenvalue weighted by Gasteiger charge is 2.18. The summed E-state index contributed by atoms with van der Waals surface area (Å²) in [5, 5.41) is 0. The predicted molar refractivity (Wildman–Crippen MR) is 84.3 cm³/mol. The van der Waals surface area contributed by atoms with E-state index >= 15 is 0 Å². The van der Waals surface area contributed by atoms with E-state index in [2.05, 4.69) is 5.92 Å². The van der Waals surface area contributed by atoms with Crippen LogP contribution in [0.2, 0.25) is 0 Å². The van der Waals surface area contributed by atoms with Crippen LogP contribution in [0.4, 0.5) is 0 Å². The van der Waals surface area contributed by atoms with Gasteiger partial charge in [-0.1, -0.05) is 32.0 Å². The zero-order valence-electron chi connectivity index (χ0n) is 13.1. The number of benzene rings is 1. The number of methoxy groups -OCH3 is 1. The summed E-state index contributed by atoms with van der Waals surface area (Å²) < 4.78 is 10.8. The van der Waals surface area contributed by atoms with Gasteiger partial charge in [0.2, 0.25) is 0 Å². The number of esters is 1. The maximum absolute atomic E-state index is 12.0. The van der Waals surface area contributed by atoms with Gasteiger partial charge in [0.15, 0.2) is 0 Å². The Morgan fingerprint density at radius 3 is 2.71 bits per heavy atom. The van der Waals surface area contributed by atoms with E-state index in [1.807, 2.05) is 38.1 Å². The first kappa shape index (κ1) is 17.1. The molecule has 0 amide bonds. The molecule has 0 aliphatic carbocycles. The van der Waals surface area contributed by atoms with Crippen LogP contribution in [0.3, 0.4) is 0 Å². The van der Waals surface area contributed by atoms with E-state index in [0.717, 1.165) is 24.2 Å². The fourth-order valence-corrected chi connectivity index (χ4v) is 2.26. The van der Waals surface area contributed by atoms with Crippen molar-refractivity contribution in [2.24, 2.45) is 0 Å². The second-order valence-electron chi connectivity index (χ2n) is 5.11. The van der Waals surface area contributed by atoms with Gasteiger partial charge in [-0.3, -0.25) is 4.79 Å². The van der Waals surface area contributed by atoms with Gasteiger partial charge in [0.25, 0.3) is 0 Å². The van der Waals surface area contributed by atoms with Crippen molar-refractivity contribution in [3.05, 3.63) is 29.8 Å². The largest absolute Gasteiger partial charge is 0.496 e. The summed E-state index contributed by atoms with van der Waals surface area (Å²) in [6.45, 7) is 4.00. The average Bonchev–Trinajstić information content (AvgIpc) is 2.51. The first-order valence-corrected chi connectivity index (χ1v) is 7.38. The third-order valence-corrected chi connectivity index (χ3v) is 3.51. The first-order valence-electron chi connectivity index (χ1n) is 7.38. The second-order valence-corrected chi connectivity index (χ2v) is 5.11. The average molecular weight is 288 g/mol. The Bertz CT molecular complexity index is 487. The molecule has 21 heavy (non-hydrogen) atoms. The fourth-order valence-electron chi connectivity index (χ4n) is 2.26. The summed E-state index contributed by atoms with van der Waals surface area (Å²) in [7, 11) is 1.64. The second kappa shape index (κ2) is 9.07. The Morgan fingerprint density at radius 1 is 1.38 bits per heavy atom. The Balaban J connectivity index is 2.59. The highest BCUT2D eigenvalue weighted by molar-refractivity contribution is 5.71. The van der Waals surface area contributed by atoms with Crippen LogP contribution < -0.4 is 4.74 Å². The summed E-state index contributed by atoms with van der Waals surface area (Å²) in [4.78, 5) is 12.0. The monoisotopic (exact) mass is 288 g/mol. The Kier molecular flexibility index (Phi) is 7.39. The molecule has 114 valence electrons. The van der Waals surface area contributed by atoms with Crippen LogP contribution in [0, 0.1) is 12.3 Å². The molecule has 0 radical (unpaired) electrons. The van der Waals surface area contributed by atoms with Crippen LogP contribution in [-0.2, 0) is 9.53 Å². The number of hydrogen-bond acceptors (Lipinski definition) is 3. The lowest BCUT2D eigenvalue weighted by Crippen LogP contribution is -2.18. The van der Waals surface area contributed by atoms with Gasteiger partial charge in [0, 0.05) is 6.42 Å². The minimum Gasteiger partial charge on any atom is -0.496 e. The van der Waals surface area contributed by atoms with E-state index in [4.69, 9.17) is 15.9 Å². The van der Waals surface area contributed by atoms with Crippen molar-refractivity contribution in [3.63, 3.8) is 0 Å². The number of carbonyl (C=O) groups excluding carboxylic acids is 1. The molecule has 0 bridgehead atoms. The lowest BCUT2D eigenvalue weighted by atomic mass is 9.97. The maximum Gasteiger partial charge on any atom is 0.306 e. The van der Waals surface area contributed by atoms with Crippen molar-refractivity contribution < 1.29 is 14.3 Å². The summed E-state index contributed by atoms with van der Waals surface area (Å²) in [6, 6.07) is 7.74. The van der Waals surface area contributed by atoms with E-state index < -0.39 is 0 Å². The van der Waals surface area contributed by atoms with E-state index in [1.54, 1.807) is 7.11 Å². The van der Waals surface area contributed by atoms with Crippen molar-refractivity contribution in [3.8, 4) is 18.1 Å². The molecule has 0 aliphatic heterocycles. The highest BCUT2D eigenvalue weighted by Crippen LogP contribution is 2.28. The first-order chi connectivity index (χ1) is 10.1. The third kappa shape index (κ3) is 5.51. The van der Waals surface area contributed by atoms with E-state index in [1.165, 1.54) is 0 Å². The van der Waals surface area contributed by atoms with Crippen LogP contribution in [-0.4, -0.2) is 19.2 Å². The van der Waals surface area contributed by atoms with Gasteiger partial charge >= 0.3 is 5.97 Å². The molecule has 1 aromatic carbocycles. The lowest BCUT2D eigenvalue weighted by Gasteiger charge is -2.18. The molecular formula is C18H24O3. The molecule has 0 aliphatic rings. The molecule has 0 unspecified atom stereocenters. The fraction of sp³-hybridized carbons (Fsp3) is 0.500. The summed E-state index contributed by atoms with van der Waals surface area (Å²) in [5.74, 6) is 3.25. The standard InChI is InChI=1S/C18H24O3/c1-5-7-10-15(6-2)21-18(19)13-14(3)16-11-8-9-12-17(16)20-4/h1,8-9,11-12,14-15H,6-7,10,13H2,2-4H3/t14-,15+/m1/s1. The molecule has 2 atom stereocenters. The molecule has 0 heterocycles. The zero-order chi connectivity index (χ0) is 15.7. The SMILES string of the molecule is C#CCC[C@H](CC)OC(=O)C[C@@H](C)c1ccccc1OC. The normalized spacial score (nSPS) is 13.0. The molecule has 0 spiro atoms. The number of hydrogen-bond donors (Lipinski definition) is 0. The molecule has 1 aromatic rings. The molecule has 3 heteroatoms. The summed E-state index contributed by atoms with van der Waals surface area (Å²) in [5.41, 5.74) is 1.02. The Morgan fingerprint density at radius 2 is 2.10 bits per heavy atom. The van der Waals surface area contributed by atoms with Gasteiger partial charge < -0.3 is 9.47 Å². The topological polar surface area (TPSA) is 35.5 Å². The minimum atomic E-state index is -0.183. The molecule has 0 aromatic heterocycles. The molecule has 0 saturated carbocycles. The van der Waals surface area contributed by atoms with Crippen LogP contribution in [0.25, 0.3) is 0 Å². The van der Waals surface area contributed by atoms with Gasteiger partial charge in [-0.15, -0.1) is 12.3 Å². The minimum absolute atomic E-state index is 0.0544. The lowest BCUT2D eigenvalue weighted by molar-refractivity contribution is -0.149. The van der Waals surface area contributed by atoms with Crippen molar-refractivity contribution in [1.29, 1.82) is 0 Å². The molecule has 0 saturated heterocycles. The van der Waals surface area contributed by atoms with Crippen LogP contribution in [0.5, 0.6) is 5.75 Å². The molecule has 1 rings (SSSR count). The van der Waals surface area contributed by atoms with Crippen molar-refractivity contribution in [1.82, 2.24) is 0 Å². The number of terminal acetylenes is 1. The van der Waals surface area contributed by atoms with Gasteiger partial charge in [-0.05, 0) is 30.4 Å². The summed E-state index contributed by atoms with van der Waals surface area (Å²) >= 11 is 0. The van der Waals surface area contributed by atoms with E-state index in [9.17, 15) is 4.79 Å². The quantitative estimate of drug-likeness (QED) is 0.537. The molecule has 3 nitrogen and oxygen atoms in total.